The second-order valence-electron chi connectivity index (χ2n) is 4.34. The summed E-state index contributed by atoms with van der Waals surface area (Å²) in [6.07, 6.45) is 4.82. The molecule has 0 bridgehead atoms. The number of amides is 1. The molecule has 19 heavy (non-hydrogen) atoms. The van der Waals surface area contributed by atoms with Crippen molar-refractivity contribution in [2.75, 3.05) is 11.9 Å². The van der Waals surface area contributed by atoms with E-state index in [9.17, 15) is 4.79 Å². The minimum atomic E-state index is 0.00156. The maximum atomic E-state index is 11.6. The number of carbonyl (C=O) groups is 1. The monoisotopic (exact) mass is 258 g/mol. The second kappa shape index (κ2) is 6.70. The van der Waals surface area contributed by atoms with Crippen LogP contribution in [-0.2, 0) is 11.3 Å². The van der Waals surface area contributed by atoms with E-state index in [4.69, 9.17) is 5.73 Å². The second-order valence-corrected chi connectivity index (χ2v) is 4.34. The fraction of sp³-hybridized carbons (Fsp3) is 0.286. The lowest BCUT2D eigenvalue weighted by Gasteiger charge is -2.07. The van der Waals surface area contributed by atoms with Gasteiger partial charge in [0.05, 0.1) is 6.54 Å². The van der Waals surface area contributed by atoms with Crippen LogP contribution in [-0.4, -0.2) is 22.2 Å². The Hall–Kier alpha value is -2.14. The number of nitrogens with zero attached hydrogens (tertiary/aromatic N) is 2. The molecule has 0 saturated carbocycles. The molecule has 0 radical (unpaired) electrons. The van der Waals surface area contributed by atoms with Crippen molar-refractivity contribution in [3.8, 4) is 0 Å². The molecule has 1 aromatic carbocycles. The zero-order valence-corrected chi connectivity index (χ0v) is 10.7. The van der Waals surface area contributed by atoms with Gasteiger partial charge >= 0.3 is 0 Å². The Kier molecular flexibility index (Phi) is 4.69. The maximum Gasteiger partial charge on any atom is 0.224 e. The van der Waals surface area contributed by atoms with Crippen LogP contribution < -0.4 is 11.1 Å². The number of hydrogen-bond donors (Lipinski definition) is 2. The number of aromatic nitrogens is 2. The van der Waals surface area contributed by atoms with Gasteiger partial charge in [0.1, 0.15) is 0 Å². The van der Waals surface area contributed by atoms with Gasteiger partial charge in [0.15, 0.2) is 0 Å². The molecule has 5 heteroatoms. The van der Waals surface area contributed by atoms with Crippen LogP contribution in [0.2, 0.25) is 0 Å². The summed E-state index contributed by atoms with van der Waals surface area (Å²) in [5.74, 6) is 0.00156. The molecule has 0 saturated heterocycles. The van der Waals surface area contributed by atoms with Crippen LogP contribution in [0.3, 0.4) is 0 Å². The highest BCUT2D eigenvalue weighted by Gasteiger charge is 2.02. The van der Waals surface area contributed by atoms with Gasteiger partial charge < -0.3 is 11.1 Å². The normalized spacial score (nSPS) is 10.4. The van der Waals surface area contributed by atoms with Crippen molar-refractivity contribution in [1.29, 1.82) is 0 Å². The Balaban J connectivity index is 1.97. The quantitative estimate of drug-likeness (QED) is 0.826. The highest BCUT2D eigenvalue weighted by molar-refractivity contribution is 5.90. The number of nitrogens with one attached hydrogen (secondary N) is 1. The first-order chi connectivity index (χ1) is 9.28. The van der Waals surface area contributed by atoms with Crippen LogP contribution in [0, 0.1) is 0 Å². The van der Waals surface area contributed by atoms with Gasteiger partial charge in [-0.25, -0.2) is 0 Å². The third-order valence-corrected chi connectivity index (χ3v) is 2.72. The van der Waals surface area contributed by atoms with Crippen molar-refractivity contribution in [3.05, 3.63) is 48.3 Å². The predicted molar refractivity (Wildman–Crippen MR) is 74.7 cm³/mol. The molecular formula is C14H18N4O. The zero-order chi connectivity index (χ0) is 13.5. The molecule has 3 N–H and O–H groups in total. The molecule has 0 atom stereocenters. The molecule has 2 aromatic rings. The Morgan fingerprint density at radius 3 is 3.00 bits per heavy atom. The van der Waals surface area contributed by atoms with Gasteiger partial charge in [-0.2, -0.15) is 5.10 Å². The summed E-state index contributed by atoms with van der Waals surface area (Å²) in [6, 6.07) is 9.67. The van der Waals surface area contributed by atoms with Crippen LogP contribution >= 0.6 is 0 Å². The molecule has 2 rings (SSSR count). The van der Waals surface area contributed by atoms with E-state index in [1.807, 2.05) is 41.2 Å². The number of anilines is 1. The molecule has 0 spiro atoms. The Bertz CT molecular complexity index is 522. The third kappa shape index (κ3) is 4.22. The first-order valence-electron chi connectivity index (χ1n) is 6.34. The van der Waals surface area contributed by atoms with Gasteiger partial charge in [-0.15, -0.1) is 0 Å². The Morgan fingerprint density at radius 1 is 1.37 bits per heavy atom. The van der Waals surface area contributed by atoms with E-state index in [-0.39, 0.29) is 5.91 Å². The number of benzene rings is 1. The van der Waals surface area contributed by atoms with Gasteiger partial charge in [0.2, 0.25) is 5.91 Å². The first kappa shape index (κ1) is 13.3. The van der Waals surface area contributed by atoms with Crippen molar-refractivity contribution in [2.24, 2.45) is 5.73 Å². The molecule has 0 aliphatic carbocycles. The standard InChI is InChI=1S/C14H18N4O/c15-7-2-6-14(19)17-13-5-1-4-12(10-13)11-18-9-3-8-16-18/h1,3-5,8-10H,2,6-7,11,15H2,(H,17,19). The van der Waals surface area contributed by atoms with Gasteiger partial charge in [-0.3, -0.25) is 9.48 Å². The van der Waals surface area contributed by atoms with E-state index < -0.39 is 0 Å². The van der Waals surface area contributed by atoms with Gasteiger partial charge in [-0.05, 0) is 36.7 Å². The molecule has 0 unspecified atom stereocenters. The molecule has 1 heterocycles. The lowest BCUT2D eigenvalue weighted by molar-refractivity contribution is -0.116. The van der Waals surface area contributed by atoms with Crippen LogP contribution in [0.5, 0.6) is 0 Å². The SMILES string of the molecule is NCCCC(=O)Nc1cccc(Cn2cccn2)c1. The molecule has 0 aliphatic rings. The summed E-state index contributed by atoms with van der Waals surface area (Å²) in [6.45, 7) is 1.23. The summed E-state index contributed by atoms with van der Waals surface area (Å²) >= 11 is 0. The summed E-state index contributed by atoms with van der Waals surface area (Å²) in [4.78, 5) is 11.6. The van der Waals surface area contributed by atoms with Crippen molar-refractivity contribution in [1.82, 2.24) is 9.78 Å². The van der Waals surface area contributed by atoms with Gasteiger partial charge in [0.25, 0.3) is 0 Å². The van der Waals surface area contributed by atoms with E-state index in [2.05, 4.69) is 10.4 Å². The fourth-order valence-corrected chi connectivity index (χ4v) is 1.81. The molecular weight excluding hydrogens is 240 g/mol. The van der Waals surface area contributed by atoms with Gasteiger partial charge in [0, 0.05) is 24.5 Å². The minimum absolute atomic E-state index is 0.00156. The third-order valence-electron chi connectivity index (χ3n) is 2.72. The fourth-order valence-electron chi connectivity index (χ4n) is 1.81. The minimum Gasteiger partial charge on any atom is -0.330 e. The molecule has 5 nitrogen and oxygen atoms in total. The summed E-state index contributed by atoms with van der Waals surface area (Å²) in [5, 5.41) is 7.03. The molecule has 0 aliphatic heterocycles. The topological polar surface area (TPSA) is 72.9 Å². The lowest BCUT2D eigenvalue weighted by Crippen LogP contribution is -2.13. The van der Waals surface area contributed by atoms with Crippen LogP contribution in [0.15, 0.2) is 42.7 Å². The summed E-state index contributed by atoms with van der Waals surface area (Å²) in [5.41, 5.74) is 7.29. The number of nitrogens with two attached hydrogens (primary N) is 1. The Labute approximate surface area is 112 Å². The van der Waals surface area contributed by atoms with E-state index in [0.29, 0.717) is 25.9 Å². The lowest BCUT2D eigenvalue weighted by atomic mass is 10.2. The maximum absolute atomic E-state index is 11.6. The molecule has 0 fully saturated rings. The Morgan fingerprint density at radius 2 is 2.26 bits per heavy atom. The first-order valence-corrected chi connectivity index (χ1v) is 6.34. The highest BCUT2D eigenvalue weighted by atomic mass is 16.1. The van der Waals surface area contributed by atoms with E-state index in [1.165, 1.54) is 0 Å². The van der Waals surface area contributed by atoms with E-state index in [0.717, 1.165) is 11.3 Å². The number of carbonyl (C=O) groups excluding carboxylic acids is 1. The number of hydrogen-bond acceptors (Lipinski definition) is 3. The summed E-state index contributed by atoms with van der Waals surface area (Å²) < 4.78 is 1.84. The zero-order valence-electron chi connectivity index (χ0n) is 10.7. The van der Waals surface area contributed by atoms with Crippen molar-refractivity contribution in [3.63, 3.8) is 0 Å². The molecule has 100 valence electrons. The predicted octanol–water partition coefficient (Wildman–Crippen LogP) is 1.61. The smallest absolute Gasteiger partial charge is 0.224 e. The number of rotatable bonds is 6. The van der Waals surface area contributed by atoms with E-state index in [1.54, 1.807) is 6.20 Å². The highest BCUT2D eigenvalue weighted by Crippen LogP contribution is 2.12. The van der Waals surface area contributed by atoms with E-state index >= 15 is 0 Å². The molecule has 1 amide bonds. The summed E-state index contributed by atoms with van der Waals surface area (Å²) in [7, 11) is 0. The van der Waals surface area contributed by atoms with Crippen molar-refractivity contribution in [2.45, 2.75) is 19.4 Å². The van der Waals surface area contributed by atoms with Crippen molar-refractivity contribution >= 4 is 11.6 Å². The largest absolute Gasteiger partial charge is 0.330 e. The van der Waals surface area contributed by atoms with Gasteiger partial charge in [-0.1, -0.05) is 12.1 Å². The van der Waals surface area contributed by atoms with Crippen molar-refractivity contribution < 1.29 is 4.79 Å². The average molecular weight is 258 g/mol. The van der Waals surface area contributed by atoms with Crippen LogP contribution in [0.1, 0.15) is 18.4 Å². The van der Waals surface area contributed by atoms with Crippen LogP contribution in [0.4, 0.5) is 5.69 Å². The van der Waals surface area contributed by atoms with Crippen LogP contribution in [0.25, 0.3) is 0 Å². The molecule has 1 aromatic heterocycles. The average Bonchev–Trinajstić information content (AvgIpc) is 2.89.